The molecule has 3 heterocycles. The highest BCUT2D eigenvalue weighted by molar-refractivity contribution is 5.94. The number of aromatic nitrogens is 1. The monoisotopic (exact) mass is 321 g/mol. The number of para-hydroxylation sites is 1. The molecule has 4 nitrogen and oxygen atoms in total. The van der Waals surface area contributed by atoms with Crippen molar-refractivity contribution in [1.82, 2.24) is 9.88 Å². The van der Waals surface area contributed by atoms with E-state index in [1.54, 1.807) is 12.4 Å². The molecule has 0 saturated carbocycles. The van der Waals surface area contributed by atoms with Crippen LogP contribution in [0.25, 0.3) is 0 Å². The van der Waals surface area contributed by atoms with Crippen molar-refractivity contribution in [3.05, 3.63) is 60.4 Å². The Labute approximate surface area is 143 Å². The fraction of sp³-hybridized carbons (Fsp3) is 0.400. The van der Waals surface area contributed by atoms with E-state index in [2.05, 4.69) is 40.2 Å². The molecule has 1 amide bonds. The molecule has 2 aromatic rings. The average Bonchev–Trinajstić information content (AvgIpc) is 3.06. The van der Waals surface area contributed by atoms with Gasteiger partial charge >= 0.3 is 0 Å². The summed E-state index contributed by atoms with van der Waals surface area (Å²) in [6, 6.07) is 14.2. The van der Waals surface area contributed by atoms with Crippen LogP contribution in [0.1, 0.15) is 29.6 Å². The third-order valence-electron chi connectivity index (χ3n) is 5.44. The lowest BCUT2D eigenvalue weighted by atomic mass is 9.79. The number of hydrogen-bond donors (Lipinski definition) is 0. The lowest BCUT2D eigenvalue weighted by molar-refractivity contribution is 0.0556. The molecule has 0 unspecified atom stereocenters. The molecule has 1 atom stereocenters. The Bertz CT molecular complexity index is 703. The Hall–Kier alpha value is -2.36. The predicted octanol–water partition coefficient (Wildman–Crippen LogP) is 3.21. The minimum Gasteiger partial charge on any atom is -0.371 e. The van der Waals surface area contributed by atoms with Crippen LogP contribution < -0.4 is 4.90 Å². The molecule has 1 aromatic carbocycles. The number of nitrogens with zero attached hydrogens (tertiary/aromatic N) is 3. The summed E-state index contributed by atoms with van der Waals surface area (Å²) in [5.74, 6) is 0.148. The highest BCUT2D eigenvalue weighted by Gasteiger charge is 2.42. The van der Waals surface area contributed by atoms with E-state index in [-0.39, 0.29) is 11.3 Å². The van der Waals surface area contributed by atoms with Crippen molar-refractivity contribution in [2.24, 2.45) is 5.41 Å². The van der Waals surface area contributed by atoms with E-state index in [4.69, 9.17) is 0 Å². The molecule has 0 aliphatic carbocycles. The number of amides is 1. The van der Waals surface area contributed by atoms with Gasteiger partial charge in [-0.1, -0.05) is 18.2 Å². The highest BCUT2D eigenvalue weighted by Crippen LogP contribution is 2.40. The van der Waals surface area contributed by atoms with Crippen LogP contribution in [0.5, 0.6) is 0 Å². The molecule has 24 heavy (non-hydrogen) atoms. The van der Waals surface area contributed by atoms with Crippen LogP contribution in [0.4, 0.5) is 5.69 Å². The number of carbonyl (C=O) groups is 1. The summed E-state index contributed by atoms with van der Waals surface area (Å²) in [6.07, 6.45) is 6.87. The van der Waals surface area contributed by atoms with E-state index in [0.717, 1.165) is 38.2 Å². The number of benzene rings is 1. The summed E-state index contributed by atoms with van der Waals surface area (Å²) in [7, 11) is 0. The van der Waals surface area contributed by atoms with Crippen molar-refractivity contribution in [2.75, 3.05) is 31.1 Å². The third kappa shape index (κ3) is 2.88. The maximum atomic E-state index is 12.8. The van der Waals surface area contributed by atoms with Crippen LogP contribution in [0, 0.1) is 5.41 Å². The summed E-state index contributed by atoms with van der Waals surface area (Å²) < 4.78 is 0. The SMILES string of the molecule is O=C(c1ccncc1)N1CCC[C@@]2(CCN(c3ccccc3)C2)C1. The Morgan fingerprint density at radius 1 is 0.958 bits per heavy atom. The molecule has 4 rings (SSSR count). The molecule has 2 saturated heterocycles. The Balaban J connectivity index is 1.48. The molecular weight excluding hydrogens is 298 g/mol. The van der Waals surface area contributed by atoms with Crippen molar-refractivity contribution in [3.8, 4) is 0 Å². The van der Waals surface area contributed by atoms with Gasteiger partial charge in [-0.3, -0.25) is 9.78 Å². The molecule has 1 spiro atoms. The standard InChI is InChI=1S/C20H23N3O/c24-19(17-7-11-21-12-8-17)23-13-4-9-20(16-23)10-14-22(15-20)18-5-2-1-3-6-18/h1-3,5-8,11-12H,4,9-10,13-16H2/t20-/m0/s1. The predicted molar refractivity (Wildman–Crippen MR) is 95.1 cm³/mol. The minimum absolute atomic E-state index is 0.148. The number of hydrogen-bond acceptors (Lipinski definition) is 3. The molecule has 2 fully saturated rings. The van der Waals surface area contributed by atoms with Gasteiger partial charge in [0.1, 0.15) is 0 Å². The van der Waals surface area contributed by atoms with Gasteiger partial charge < -0.3 is 9.80 Å². The zero-order chi connectivity index (χ0) is 16.4. The van der Waals surface area contributed by atoms with Crippen LogP contribution in [-0.2, 0) is 0 Å². The van der Waals surface area contributed by atoms with Crippen LogP contribution in [-0.4, -0.2) is 42.0 Å². The lowest BCUT2D eigenvalue weighted by Gasteiger charge is -2.40. The van der Waals surface area contributed by atoms with Gasteiger partial charge in [-0.25, -0.2) is 0 Å². The van der Waals surface area contributed by atoms with E-state index >= 15 is 0 Å². The van der Waals surface area contributed by atoms with Crippen LogP contribution in [0.3, 0.4) is 0 Å². The average molecular weight is 321 g/mol. The maximum Gasteiger partial charge on any atom is 0.253 e. The molecule has 2 aliphatic heterocycles. The summed E-state index contributed by atoms with van der Waals surface area (Å²) in [6.45, 7) is 3.88. The van der Waals surface area contributed by atoms with Gasteiger partial charge in [0.05, 0.1) is 0 Å². The van der Waals surface area contributed by atoms with E-state index in [1.807, 2.05) is 17.0 Å². The van der Waals surface area contributed by atoms with Gasteiger partial charge in [0.2, 0.25) is 0 Å². The molecule has 0 N–H and O–H groups in total. The summed E-state index contributed by atoms with van der Waals surface area (Å²) in [5.41, 5.74) is 2.29. The zero-order valence-electron chi connectivity index (χ0n) is 13.9. The summed E-state index contributed by atoms with van der Waals surface area (Å²) in [5, 5.41) is 0. The van der Waals surface area contributed by atoms with Crippen molar-refractivity contribution < 1.29 is 4.79 Å². The summed E-state index contributed by atoms with van der Waals surface area (Å²) in [4.78, 5) is 21.3. The normalized spacial score (nSPS) is 23.7. The number of carbonyl (C=O) groups excluding carboxylic acids is 1. The lowest BCUT2D eigenvalue weighted by Crippen LogP contribution is -2.47. The van der Waals surface area contributed by atoms with Gasteiger partial charge in [0.25, 0.3) is 5.91 Å². The van der Waals surface area contributed by atoms with Crippen molar-refractivity contribution >= 4 is 11.6 Å². The van der Waals surface area contributed by atoms with Gasteiger partial charge in [0, 0.05) is 55.2 Å². The molecule has 0 radical (unpaired) electrons. The van der Waals surface area contributed by atoms with E-state index in [1.165, 1.54) is 18.5 Å². The Morgan fingerprint density at radius 2 is 1.75 bits per heavy atom. The van der Waals surface area contributed by atoms with Crippen molar-refractivity contribution in [3.63, 3.8) is 0 Å². The van der Waals surface area contributed by atoms with Gasteiger partial charge in [0.15, 0.2) is 0 Å². The van der Waals surface area contributed by atoms with Crippen LogP contribution in [0.2, 0.25) is 0 Å². The molecular formula is C20H23N3O. The van der Waals surface area contributed by atoms with E-state index in [0.29, 0.717) is 0 Å². The van der Waals surface area contributed by atoms with E-state index < -0.39 is 0 Å². The van der Waals surface area contributed by atoms with Gasteiger partial charge in [-0.05, 0) is 43.5 Å². The number of pyridine rings is 1. The van der Waals surface area contributed by atoms with Crippen molar-refractivity contribution in [1.29, 1.82) is 0 Å². The smallest absolute Gasteiger partial charge is 0.253 e. The number of piperidine rings is 1. The van der Waals surface area contributed by atoms with Gasteiger partial charge in [-0.15, -0.1) is 0 Å². The second kappa shape index (κ2) is 6.27. The molecule has 2 aliphatic rings. The first-order valence-electron chi connectivity index (χ1n) is 8.75. The van der Waals surface area contributed by atoms with Crippen LogP contribution in [0.15, 0.2) is 54.9 Å². The highest BCUT2D eigenvalue weighted by atomic mass is 16.2. The van der Waals surface area contributed by atoms with E-state index in [9.17, 15) is 4.79 Å². The first-order chi connectivity index (χ1) is 11.8. The zero-order valence-corrected chi connectivity index (χ0v) is 13.9. The second-order valence-corrected chi connectivity index (χ2v) is 7.07. The Kier molecular flexibility index (Phi) is 3.97. The maximum absolute atomic E-state index is 12.8. The fourth-order valence-electron chi connectivity index (χ4n) is 4.19. The quantitative estimate of drug-likeness (QED) is 0.852. The molecule has 1 aromatic heterocycles. The fourth-order valence-corrected chi connectivity index (χ4v) is 4.19. The first-order valence-corrected chi connectivity index (χ1v) is 8.75. The first kappa shape index (κ1) is 15.2. The number of anilines is 1. The summed E-state index contributed by atoms with van der Waals surface area (Å²) >= 11 is 0. The Morgan fingerprint density at radius 3 is 2.54 bits per heavy atom. The number of likely N-dealkylation sites (tertiary alicyclic amines) is 1. The third-order valence-corrected chi connectivity index (χ3v) is 5.44. The van der Waals surface area contributed by atoms with Crippen molar-refractivity contribution in [2.45, 2.75) is 19.3 Å². The second-order valence-electron chi connectivity index (χ2n) is 7.07. The molecule has 0 bridgehead atoms. The van der Waals surface area contributed by atoms with Crippen LogP contribution >= 0.6 is 0 Å². The minimum atomic E-state index is 0.148. The molecule has 4 heteroatoms. The number of rotatable bonds is 2. The topological polar surface area (TPSA) is 36.4 Å². The largest absolute Gasteiger partial charge is 0.371 e. The molecule has 124 valence electrons. The van der Waals surface area contributed by atoms with Gasteiger partial charge in [-0.2, -0.15) is 0 Å².